The van der Waals surface area contributed by atoms with Crippen molar-refractivity contribution in [2.75, 3.05) is 33.0 Å². The van der Waals surface area contributed by atoms with Crippen LogP contribution in [0.15, 0.2) is 0 Å². The maximum atomic E-state index is 13.1. The van der Waals surface area contributed by atoms with E-state index >= 15 is 0 Å². The normalized spacial score (nSPS) is 13.8. The van der Waals surface area contributed by atoms with Gasteiger partial charge in [0.15, 0.2) is 0 Å². The highest BCUT2D eigenvalue weighted by Crippen LogP contribution is 2.18. The van der Waals surface area contributed by atoms with E-state index in [4.69, 9.17) is 18.9 Å². The quantitative estimate of drug-likeness (QED) is 0.0341. The molecule has 0 aliphatic heterocycles. The minimum absolute atomic E-state index is 0.0140. The van der Waals surface area contributed by atoms with Crippen molar-refractivity contribution >= 4 is 18.4 Å². The van der Waals surface area contributed by atoms with Gasteiger partial charge in [-0.15, -0.1) is 0 Å². The van der Waals surface area contributed by atoms with Gasteiger partial charge in [-0.1, -0.05) is 99.3 Å². The lowest BCUT2D eigenvalue weighted by Gasteiger charge is -2.34. The number of nitrogens with zero attached hydrogens (tertiary/aromatic N) is 1. The van der Waals surface area contributed by atoms with Gasteiger partial charge in [-0.2, -0.15) is 0 Å². The summed E-state index contributed by atoms with van der Waals surface area (Å²) in [6.45, 7) is 13.6. The van der Waals surface area contributed by atoms with Crippen molar-refractivity contribution in [3.8, 4) is 0 Å². The largest absolute Gasteiger partial charge is 0.468 e. The first kappa shape index (κ1) is 40.3. The third-order valence-corrected chi connectivity index (χ3v) is 7.11. The number of unbranched alkanes of at least 4 members (excludes halogenated alkanes) is 8. The highest BCUT2D eigenvalue weighted by atomic mass is 16.5. The van der Waals surface area contributed by atoms with E-state index in [-0.39, 0.29) is 50.6 Å². The molecular formula is C33H63NO8. The number of rotatable bonds is 29. The molecule has 0 saturated heterocycles. The van der Waals surface area contributed by atoms with Crippen LogP contribution in [0.25, 0.3) is 0 Å². The monoisotopic (exact) mass is 601 g/mol. The molecule has 0 rings (SSSR count). The van der Waals surface area contributed by atoms with Gasteiger partial charge in [0.05, 0.1) is 32.3 Å². The maximum Gasteiger partial charge on any atom is 0.324 e. The third-order valence-electron chi connectivity index (χ3n) is 7.11. The van der Waals surface area contributed by atoms with Crippen LogP contribution in [0.2, 0.25) is 0 Å². The fourth-order valence-electron chi connectivity index (χ4n) is 4.64. The number of aliphatic hydroxyl groups excluding tert-OH is 1. The number of hydrogen-bond donors (Lipinski definition) is 1. The zero-order valence-electron chi connectivity index (χ0n) is 27.7. The number of carbonyl (C=O) groups is 3. The van der Waals surface area contributed by atoms with E-state index in [1.54, 1.807) is 4.90 Å². The van der Waals surface area contributed by atoms with E-state index in [0.29, 0.717) is 26.0 Å². The van der Waals surface area contributed by atoms with Crippen molar-refractivity contribution in [1.29, 1.82) is 0 Å². The molecule has 0 aliphatic rings. The zero-order chi connectivity index (χ0) is 31.6. The van der Waals surface area contributed by atoms with E-state index in [9.17, 15) is 19.5 Å². The summed E-state index contributed by atoms with van der Waals surface area (Å²) in [5, 5.41) is 11.0. The molecule has 0 amide bonds. The molecule has 42 heavy (non-hydrogen) atoms. The summed E-state index contributed by atoms with van der Waals surface area (Å²) in [6, 6.07) is -1.03. The molecule has 9 nitrogen and oxygen atoms in total. The fourth-order valence-corrected chi connectivity index (χ4v) is 4.64. The van der Waals surface area contributed by atoms with E-state index in [1.807, 2.05) is 27.7 Å². The van der Waals surface area contributed by atoms with Crippen LogP contribution in [0, 0.1) is 11.8 Å². The molecule has 0 aromatic carbocycles. The third kappa shape index (κ3) is 21.9. The molecule has 0 bridgehead atoms. The van der Waals surface area contributed by atoms with Gasteiger partial charge in [-0.05, 0) is 31.1 Å². The minimum Gasteiger partial charge on any atom is -0.468 e. The van der Waals surface area contributed by atoms with Crippen LogP contribution in [0.4, 0.5) is 0 Å². The first-order chi connectivity index (χ1) is 20.2. The van der Waals surface area contributed by atoms with Crippen LogP contribution in [0.5, 0.6) is 0 Å². The van der Waals surface area contributed by atoms with Crippen LogP contribution >= 0.6 is 0 Å². The summed E-state index contributed by atoms with van der Waals surface area (Å²) in [6.07, 6.45) is 13.0. The predicted molar refractivity (Wildman–Crippen MR) is 166 cm³/mol. The van der Waals surface area contributed by atoms with Crippen LogP contribution in [0.3, 0.4) is 0 Å². The summed E-state index contributed by atoms with van der Waals surface area (Å²) >= 11 is 0. The predicted octanol–water partition coefficient (Wildman–Crippen LogP) is 6.43. The number of ether oxygens (including phenoxy) is 4. The van der Waals surface area contributed by atoms with Crippen molar-refractivity contribution < 1.29 is 38.4 Å². The second-order valence-electron chi connectivity index (χ2n) is 12.2. The van der Waals surface area contributed by atoms with Crippen LogP contribution < -0.4 is 0 Å². The topological polar surface area (TPSA) is 112 Å². The molecule has 0 aromatic heterocycles. The summed E-state index contributed by atoms with van der Waals surface area (Å²) in [4.78, 5) is 38.0. The maximum absolute atomic E-state index is 13.1. The van der Waals surface area contributed by atoms with E-state index < -0.39 is 24.2 Å². The molecule has 0 spiro atoms. The Kier molecular flexibility index (Phi) is 25.8. The molecule has 0 aromatic rings. The Bertz CT molecular complexity index is 672. The molecule has 3 atom stereocenters. The zero-order valence-corrected chi connectivity index (χ0v) is 27.7. The lowest BCUT2D eigenvalue weighted by molar-refractivity contribution is -0.164. The minimum atomic E-state index is -1.12. The molecule has 0 aliphatic carbocycles. The smallest absolute Gasteiger partial charge is 0.324 e. The van der Waals surface area contributed by atoms with E-state index in [2.05, 4.69) is 13.8 Å². The molecule has 0 fully saturated rings. The van der Waals surface area contributed by atoms with Gasteiger partial charge in [0.2, 0.25) is 0 Å². The van der Waals surface area contributed by atoms with Crippen molar-refractivity contribution in [2.24, 2.45) is 11.8 Å². The second kappa shape index (κ2) is 26.9. The first-order valence-electron chi connectivity index (χ1n) is 16.6. The average Bonchev–Trinajstić information content (AvgIpc) is 2.95. The molecular weight excluding hydrogens is 538 g/mol. The summed E-state index contributed by atoms with van der Waals surface area (Å²) in [7, 11) is 0. The first-order valence-corrected chi connectivity index (χ1v) is 16.6. The van der Waals surface area contributed by atoms with E-state index in [0.717, 1.165) is 19.3 Å². The molecule has 1 N–H and O–H groups in total. The SMILES string of the molecule is CCCCCCCCCCCC(CC)OCCCN(C(O)CCOC=O)[C@@H](CC(=O)OCC(C)C)C(=O)OCC(C)C. The average molecular weight is 602 g/mol. The second-order valence-corrected chi connectivity index (χ2v) is 12.2. The van der Waals surface area contributed by atoms with Crippen molar-refractivity contribution in [3.63, 3.8) is 0 Å². The van der Waals surface area contributed by atoms with Crippen molar-refractivity contribution in [1.82, 2.24) is 4.90 Å². The van der Waals surface area contributed by atoms with Crippen molar-refractivity contribution in [2.45, 2.75) is 150 Å². The molecule has 2 unspecified atom stereocenters. The van der Waals surface area contributed by atoms with Gasteiger partial charge < -0.3 is 24.1 Å². The van der Waals surface area contributed by atoms with Gasteiger partial charge in [0, 0.05) is 19.6 Å². The van der Waals surface area contributed by atoms with Gasteiger partial charge in [0.1, 0.15) is 12.3 Å². The van der Waals surface area contributed by atoms with Crippen LogP contribution in [-0.4, -0.2) is 79.8 Å². The van der Waals surface area contributed by atoms with Gasteiger partial charge >= 0.3 is 11.9 Å². The Morgan fingerprint density at radius 2 is 1.38 bits per heavy atom. The summed E-state index contributed by atoms with van der Waals surface area (Å²) < 4.78 is 21.8. The van der Waals surface area contributed by atoms with Gasteiger partial charge in [-0.3, -0.25) is 19.3 Å². The number of aliphatic hydroxyl groups is 1. The molecule has 0 radical (unpaired) electrons. The van der Waals surface area contributed by atoms with Gasteiger partial charge in [-0.25, -0.2) is 0 Å². The highest BCUT2D eigenvalue weighted by Gasteiger charge is 2.34. The van der Waals surface area contributed by atoms with E-state index in [1.165, 1.54) is 51.4 Å². The number of esters is 2. The Balaban J connectivity index is 5.07. The Hall–Kier alpha value is -1.71. The molecule has 0 heterocycles. The standard InChI is InChI=1S/C33H63NO8/c1-7-9-10-11-12-13-14-15-16-18-29(8-2)40-21-17-20-34(31(36)19-22-39-26-35)30(33(38)42-25-28(5)6)23-32(37)41-24-27(3)4/h26-31,36H,7-25H2,1-6H3/t29?,30-,31?/m0/s1. The number of carbonyl (C=O) groups excluding carboxylic acids is 3. The lowest BCUT2D eigenvalue weighted by atomic mass is 10.0. The Morgan fingerprint density at radius 3 is 1.95 bits per heavy atom. The van der Waals surface area contributed by atoms with Crippen molar-refractivity contribution in [3.05, 3.63) is 0 Å². The summed E-state index contributed by atoms with van der Waals surface area (Å²) in [5.41, 5.74) is 0. The Labute approximate surface area is 256 Å². The van der Waals surface area contributed by atoms with Gasteiger partial charge in [0.25, 0.3) is 6.47 Å². The summed E-state index contributed by atoms with van der Waals surface area (Å²) in [5.74, 6) is -0.841. The Morgan fingerprint density at radius 1 is 0.786 bits per heavy atom. The molecule has 248 valence electrons. The lowest BCUT2D eigenvalue weighted by Crippen LogP contribution is -2.50. The molecule has 9 heteroatoms. The van der Waals surface area contributed by atoms with Crippen LogP contribution in [-0.2, 0) is 33.3 Å². The highest BCUT2D eigenvalue weighted by molar-refractivity contribution is 5.82. The van der Waals surface area contributed by atoms with Crippen LogP contribution in [0.1, 0.15) is 131 Å². The molecule has 0 saturated carbocycles. The number of hydrogen-bond acceptors (Lipinski definition) is 9. The fraction of sp³-hybridized carbons (Fsp3) is 0.909.